The fraction of sp³-hybridized carbons (Fsp3) is 0.571. The Morgan fingerprint density at radius 3 is 2.38 bits per heavy atom. The zero-order chi connectivity index (χ0) is 15.8. The van der Waals surface area contributed by atoms with Crippen molar-refractivity contribution in [2.45, 2.75) is 38.2 Å². The molecule has 1 aromatic rings. The molecule has 7 heteroatoms. The van der Waals surface area contributed by atoms with Gasteiger partial charge in [0.25, 0.3) is 0 Å². The van der Waals surface area contributed by atoms with Gasteiger partial charge in [0.2, 0.25) is 10.0 Å². The molecule has 1 aliphatic rings. The average molecular weight is 313 g/mol. The molecule has 0 saturated carbocycles. The minimum absolute atomic E-state index is 0.00497. The van der Waals surface area contributed by atoms with E-state index in [1.807, 2.05) is 0 Å². The van der Waals surface area contributed by atoms with Crippen LogP contribution in [0.2, 0.25) is 0 Å². The quantitative estimate of drug-likeness (QED) is 0.569. The number of aryl methyl sites for hydroxylation is 2. The Kier molecular flexibility index (Phi) is 4.57. The number of benzene rings is 1. The molecule has 1 fully saturated rings. The number of aliphatic hydroxyl groups is 1. The molecular weight excluding hydrogens is 290 g/mol. The van der Waals surface area contributed by atoms with Crippen molar-refractivity contribution in [1.29, 1.82) is 0 Å². The third kappa shape index (κ3) is 3.06. The highest BCUT2D eigenvalue weighted by molar-refractivity contribution is 7.89. The maximum Gasteiger partial charge on any atom is 0.243 e. The number of hydrazine groups is 1. The summed E-state index contributed by atoms with van der Waals surface area (Å²) in [5.41, 5.74) is 4.56. The van der Waals surface area contributed by atoms with Crippen LogP contribution in [-0.4, -0.2) is 37.0 Å². The van der Waals surface area contributed by atoms with Gasteiger partial charge in [0, 0.05) is 18.8 Å². The largest absolute Gasteiger partial charge is 0.393 e. The van der Waals surface area contributed by atoms with E-state index in [-0.39, 0.29) is 5.92 Å². The highest BCUT2D eigenvalue weighted by Gasteiger charge is 2.35. The molecule has 2 atom stereocenters. The summed E-state index contributed by atoms with van der Waals surface area (Å²) >= 11 is 0. The lowest BCUT2D eigenvalue weighted by atomic mass is 10.0. The van der Waals surface area contributed by atoms with Gasteiger partial charge in [-0.05, 0) is 56.4 Å². The van der Waals surface area contributed by atoms with Gasteiger partial charge in [-0.3, -0.25) is 5.84 Å². The monoisotopic (exact) mass is 313 g/mol. The lowest BCUT2D eigenvalue weighted by Crippen LogP contribution is -2.31. The second-order valence-corrected chi connectivity index (χ2v) is 7.61. The van der Waals surface area contributed by atoms with Gasteiger partial charge in [-0.2, -0.15) is 4.31 Å². The highest BCUT2D eigenvalue weighted by Crippen LogP contribution is 2.31. The van der Waals surface area contributed by atoms with Crippen molar-refractivity contribution in [3.8, 4) is 0 Å². The first-order valence-electron chi connectivity index (χ1n) is 7.03. The number of rotatable bonds is 4. The molecule has 21 heavy (non-hydrogen) atoms. The van der Waals surface area contributed by atoms with Crippen LogP contribution in [0.4, 0.5) is 5.69 Å². The van der Waals surface area contributed by atoms with Crippen molar-refractivity contribution in [1.82, 2.24) is 4.31 Å². The summed E-state index contributed by atoms with van der Waals surface area (Å²) in [7, 11) is -3.54. The van der Waals surface area contributed by atoms with Gasteiger partial charge in [0.15, 0.2) is 0 Å². The first-order chi connectivity index (χ1) is 9.77. The van der Waals surface area contributed by atoms with Crippen molar-refractivity contribution in [2.75, 3.05) is 18.5 Å². The maximum absolute atomic E-state index is 12.8. The summed E-state index contributed by atoms with van der Waals surface area (Å²) in [4.78, 5) is 0.341. The first-order valence-corrected chi connectivity index (χ1v) is 8.47. The third-order valence-electron chi connectivity index (χ3n) is 4.09. The van der Waals surface area contributed by atoms with Gasteiger partial charge in [-0.25, -0.2) is 8.42 Å². The molecule has 0 aliphatic carbocycles. The molecule has 4 N–H and O–H groups in total. The molecule has 1 aliphatic heterocycles. The molecule has 0 spiro atoms. The number of hydrogen-bond donors (Lipinski definition) is 3. The summed E-state index contributed by atoms with van der Waals surface area (Å²) < 4.78 is 27.1. The number of sulfonamides is 1. The van der Waals surface area contributed by atoms with E-state index in [1.165, 1.54) is 4.31 Å². The molecule has 1 saturated heterocycles. The van der Waals surface area contributed by atoms with Crippen LogP contribution < -0.4 is 11.3 Å². The van der Waals surface area contributed by atoms with E-state index in [4.69, 9.17) is 5.84 Å². The van der Waals surface area contributed by atoms with Crippen LogP contribution in [0.15, 0.2) is 17.0 Å². The predicted molar refractivity (Wildman–Crippen MR) is 82.3 cm³/mol. The third-order valence-corrected chi connectivity index (χ3v) is 6.27. The summed E-state index contributed by atoms with van der Waals surface area (Å²) in [5, 5.41) is 9.64. The zero-order valence-electron chi connectivity index (χ0n) is 12.6. The molecule has 0 aromatic heterocycles. The summed E-state index contributed by atoms with van der Waals surface area (Å²) in [6.45, 7) is 6.06. The van der Waals surface area contributed by atoms with Gasteiger partial charge >= 0.3 is 0 Å². The zero-order valence-corrected chi connectivity index (χ0v) is 13.4. The standard InChI is InChI=1S/C14H23N3O3S/c1-9-6-13(16-15)7-10(2)14(9)21(19,20)17-5-4-12(8-17)11(3)18/h6-7,11-12,16,18H,4-5,8,15H2,1-3H3. The summed E-state index contributed by atoms with van der Waals surface area (Å²) in [5.74, 6) is 5.39. The Hall–Kier alpha value is -1.15. The molecular formula is C14H23N3O3S. The highest BCUT2D eigenvalue weighted by atomic mass is 32.2. The van der Waals surface area contributed by atoms with E-state index in [0.717, 1.165) is 0 Å². The van der Waals surface area contributed by atoms with E-state index in [2.05, 4.69) is 5.43 Å². The van der Waals surface area contributed by atoms with Gasteiger partial charge < -0.3 is 10.5 Å². The van der Waals surface area contributed by atoms with Crippen LogP contribution in [0.5, 0.6) is 0 Å². The van der Waals surface area contributed by atoms with Gasteiger partial charge in [-0.15, -0.1) is 0 Å². The van der Waals surface area contributed by atoms with E-state index in [9.17, 15) is 13.5 Å². The Morgan fingerprint density at radius 1 is 1.38 bits per heavy atom. The van der Waals surface area contributed by atoms with Crippen molar-refractivity contribution in [2.24, 2.45) is 11.8 Å². The Morgan fingerprint density at radius 2 is 1.95 bits per heavy atom. The number of nitrogens with two attached hydrogens (primary N) is 1. The number of anilines is 1. The van der Waals surface area contributed by atoms with Crippen LogP contribution in [0.25, 0.3) is 0 Å². The Labute approximate surface area is 126 Å². The summed E-state index contributed by atoms with van der Waals surface area (Å²) in [6.07, 6.45) is 0.202. The average Bonchev–Trinajstić information content (AvgIpc) is 2.87. The number of nitrogen functional groups attached to an aromatic ring is 1. The molecule has 0 bridgehead atoms. The normalized spacial score (nSPS) is 21.5. The van der Waals surface area contributed by atoms with E-state index in [0.29, 0.717) is 41.2 Å². The van der Waals surface area contributed by atoms with Crippen LogP contribution in [0, 0.1) is 19.8 Å². The van der Waals surface area contributed by atoms with Crippen LogP contribution in [-0.2, 0) is 10.0 Å². The number of nitrogens with one attached hydrogen (secondary N) is 1. The Bertz CT molecular complexity index is 605. The molecule has 2 rings (SSSR count). The second kappa shape index (κ2) is 5.92. The minimum atomic E-state index is -3.54. The predicted octanol–water partition coefficient (Wildman–Crippen LogP) is 0.980. The number of aliphatic hydroxyl groups excluding tert-OH is 1. The van der Waals surface area contributed by atoms with Crippen molar-refractivity contribution in [3.05, 3.63) is 23.3 Å². The SMILES string of the molecule is Cc1cc(NN)cc(C)c1S(=O)(=O)N1CCC(C(C)O)C1. The minimum Gasteiger partial charge on any atom is -0.393 e. The van der Waals surface area contributed by atoms with Crippen LogP contribution in [0.3, 0.4) is 0 Å². The second-order valence-electron chi connectivity index (χ2n) is 5.74. The van der Waals surface area contributed by atoms with Crippen molar-refractivity contribution in [3.63, 3.8) is 0 Å². The smallest absolute Gasteiger partial charge is 0.243 e. The van der Waals surface area contributed by atoms with Crippen LogP contribution in [0.1, 0.15) is 24.5 Å². The van der Waals surface area contributed by atoms with E-state index < -0.39 is 16.1 Å². The topological polar surface area (TPSA) is 95.7 Å². The molecule has 118 valence electrons. The lowest BCUT2D eigenvalue weighted by molar-refractivity contribution is 0.133. The Balaban J connectivity index is 2.37. The molecule has 6 nitrogen and oxygen atoms in total. The first kappa shape index (κ1) is 16.2. The molecule has 1 heterocycles. The van der Waals surface area contributed by atoms with Crippen LogP contribution >= 0.6 is 0 Å². The molecule has 2 unspecified atom stereocenters. The fourth-order valence-electron chi connectivity index (χ4n) is 2.94. The maximum atomic E-state index is 12.8. The summed E-state index contributed by atoms with van der Waals surface area (Å²) in [6, 6.07) is 3.45. The molecule has 0 amide bonds. The van der Waals surface area contributed by atoms with Crippen molar-refractivity contribution < 1.29 is 13.5 Å². The van der Waals surface area contributed by atoms with Crippen molar-refractivity contribution >= 4 is 15.7 Å². The van der Waals surface area contributed by atoms with Gasteiger partial charge in [0.05, 0.1) is 11.0 Å². The van der Waals surface area contributed by atoms with E-state index in [1.54, 1.807) is 32.9 Å². The van der Waals surface area contributed by atoms with Gasteiger partial charge in [-0.1, -0.05) is 0 Å². The van der Waals surface area contributed by atoms with Gasteiger partial charge in [0.1, 0.15) is 0 Å². The number of nitrogens with zero attached hydrogens (tertiary/aromatic N) is 1. The molecule has 0 radical (unpaired) electrons. The van der Waals surface area contributed by atoms with E-state index >= 15 is 0 Å². The molecule has 1 aromatic carbocycles. The fourth-order valence-corrected chi connectivity index (χ4v) is 4.86. The number of hydrogen-bond acceptors (Lipinski definition) is 5. The lowest BCUT2D eigenvalue weighted by Gasteiger charge is -2.21.